The van der Waals surface area contributed by atoms with Crippen molar-refractivity contribution < 1.29 is 4.39 Å². The van der Waals surface area contributed by atoms with Crippen LogP contribution in [-0.2, 0) is 6.54 Å². The zero-order valence-electron chi connectivity index (χ0n) is 10.9. The van der Waals surface area contributed by atoms with E-state index in [1.165, 1.54) is 12.1 Å². The zero-order chi connectivity index (χ0) is 13.3. The topological polar surface area (TPSA) is 43.8 Å². The number of nitrogens with zero attached hydrogens (tertiary/aromatic N) is 2. The van der Waals surface area contributed by atoms with E-state index in [4.69, 9.17) is 5.73 Å². The normalized spacial score (nSPS) is 11.2. The molecule has 0 saturated carbocycles. The molecule has 96 valence electrons. The van der Waals surface area contributed by atoms with Gasteiger partial charge in [0.05, 0.1) is 6.33 Å². The Hall–Kier alpha value is -1.84. The lowest BCUT2D eigenvalue weighted by Gasteiger charge is -2.09. The van der Waals surface area contributed by atoms with Crippen molar-refractivity contribution in [2.45, 2.75) is 27.3 Å². The highest BCUT2D eigenvalue weighted by atomic mass is 19.1. The molecule has 0 amide bonds. The predicted molar refractivity (Wildman–Crippen MR) is 71.6 cm³/mol. The Morgan fingerprint density at radius 1 is 1.39 bits per heavy atom. The van der Waals surface area contributed by atoms with E-state index in [1.807, 2.05) is 11.5 Å². The Bertz CT molecular complexity index is 558. The van der Waals surface area contributed by atoms with Crippen LogP contribution >= 0.6 is 0 Å². The molecule has 0 fully saturated rings. The van der Waals surface area contributed by atoms with Gasteiger partial charge in [0.25, 0.3) is 0 Å². The van der Waals surface area contributed by atoms with Crippen molar-refractivity contribution >= 4 is 5.82 Å². The van der Waals surface area contributed by atoms with Gasteiger partial charge in [0.1, 0.15) is 17.3 Å². The van der Waals surface area contributed by atoms with Gasteiger partial charge in [-0.05, 0) is 30.5 Å². The summed E-state index contributed by atoms with van der Waals surface area (Å²) in [6.07, 6.45) is 1.72. The number of aromatic nitrogens is 2. The fourth-order valence-electron chi connectivity index (χ4n) is 1.99. The molecular formula is C14H18FN3. The fraction of sp³-hybridized carbons (Fsp3) is 0.357. The minimum Gasteiger partial charge on any atom is -0.383 e. The van der Waals surface area contributed by atoms with Crippen molar-refractivity contribution in [3.63, 3.8) is 0 Å². The number of imidazole rings is 1. The van der Waals surface area contributed by atoms with Gasteiger partial charge in [0, 0.05) is 12.1 Å². The third-order valence-corrected chi connectivity index (χ3v) is 2.89. The molecule has 1 heterocycles. The summed E-state index contributed by atoms with van der Waals surface area (Å²) in [5.74, 6) is 0.814. The van der Waals surface area contributed by atoms with Gasteiger partial charge in [0.2, 0.25) is 0 Å². The van der Waals surface area contributed by atoms with Crippen LogP contribution in [-0.4, -0.2) is 9.55 Å². The molecule has 0 aliphatic rings. The molecule has 0 atom stereocenters. The Kier molecular flexibility index (Phi) is 3.36. The number of halogens is 1. The molecule has 0 unspecified atom stereocenters. The monoisotopic (exact) mass is 247 g/mol. The highest BCUT2D eigenvalue weighted by Crippen LogP contribution is 2.28. The van der Waals surface area contributed by atoms with E-state index >= 15 is 0 Å². The van der Waals surface area contributed by atoms with Crippen molar-refractivity contribution in [1.29, 1.82) is 0 Å². The second-order valence-corrected chi connectivity index (χ2v) is 4.98. The maximum atomic E-state index is 13.3. The molecule has 0 aliphatic carbocycles. The maximum Gasteiger partial charge on any atom is 0.131 e. The predicted octanol–water partition coefficient (Wildman–Crippen LogP) is 3.24. The highest BCUT2D eigenvalue weighted by Gasteiger charge is 2.13. The van der Waals surface area contributed by atoms with E-state index in [1.54, 1.807) is 12.4 Å². The van der Waals surface area contributed by atoms with Crippen LogP contribution in [0.3, 0.4) is 0 Å². The summed E-state index contributed by atoms with van der Waals surface area (Å²) in [6, 6.07) is 4.67. The van der Waals surface area contributed by atoms with Crippen LogP contribution in [0.1, 0.15) is 19.4 Å². The van der Waals surface area contributed by atoms with Gasteiger partial charge in [-0.25, -0.2) is 9.37 Å². The molecule has 0 aliphatic heterocycles. The Morgan fingerprint density at radius 3 is 2.78 bits per heavy atom. The minimum atomic E-state index is -0.270. The van der Waals surface area contributed by atoms with Crippen LogP contribution in [0.15, 0.2) is 24.5 Å². The van der Waals surface area contributed by atoms with E-state index in [-0.39, 0.29) is 5.82 Å². The molecule has 2 aromatic rings. The summed E-state index contributed by atoms with van der Waals surface area (Å²) < 4.78 is 15.2. The summed E-state index contributed by atoms with van der Waals surface area (Å²) in [6.45, 7) is 6.97. The smallest absolute Gasteiger partial charge is 0.131 e. The number of hydrogen-bond acceptors (Lipinski definition) is 2. The molecule has 0 saturated heterocycles. The molecule has 0 bridgehead atoms. The van der Waals surface area contributed by atoms with Gasteiger partial charge >= 0.3 is 0 Å². The summed E-state index contributed by atoms with van der Waals surface area (Å²) >= 11 is 0. The van der Waals surface area contributed by atoms with Crippen molar-refractivity contribution in [2.75, 3.05) is 5.73 Å². The molecule has 2 rings (SSSR count). The standard InChI is InChI=1S/C14H18FN3/c1-9(2)7-18-8-17-13(14(18)16)12-6-11(15)5-4-10(12)3/h4-6,8-9H,7,16H2,1-3H3. The SMILES string of the molecule is Cc1ccc(F)cc1-c1ncn(CC(C)C)c1N. The summed E-state index contributed by atoms with van der Waals surface area (Å²) in [7, 11) is 0. The average Bonchev–Trinajstić information content (AvgIpc) is 2.64. The average molecular weight is 247 g/mol. The van der Waals surface area contributed by atoms with Crippen LogP contribution in [0.4, 0.5) is 10.2 Å². The Morgan fingerprint density at radius 2 is 2.11 bits per heavy atom. The second-order valence-electron chi connectivity index (χ2n) is 4.98. The fourth-order valence-corrected chi connectivity index (χ4v) is 1.99. The Labute approximate surface area is 106 Å². The largest absolute Gasteiger partial charge is 0.383 e. The van der Waals surface area contributed by atoms with Crippen molar-refractivity contribution in [3.05, 3.63) is 35.9 Å². The van der Waals surface area contributed by atoms with Crippen LogP contribution in [0.2, 0.25) is 0 Å². The molecule has 18 heavy (non-hydrogen) atoms. The first-order valence-electron chi connectivity index (χ1n) is 6.06. The highest BCUT2D eigenvalue weighted by molar-refractivity contribution is 5.73. The summed E-state index contributed by atoms with van der Waals surface area (Å²) in [5, 5.41) is 0. The van der Waals surface area contributed by atoms with Gasteiger partial charge in [-0.3, -0.25) is 0 Å². The van der Waals surface area contributed by atoms with E-state index in [0.717, 1.165) is 17.7 Å². The molecule has 0 spiro atoms. The van der Waals surface area contributed by atoms with Crippen LogP contribution in [0.25, 0.3) is 11.3 Å². The third kappa shape index (κ3) is 2.37. The molecule has 4 heteroatoms. The maximum absolute atomic E-state index is 13.3. The molecular weight excluding hydrogens is 229 g/mol. The molecule has 1 aromatic heterocycles. The molecule has 2 N–H and O–H groups in total. The van der Waals surface area contributed by atoms with Gasteiger partial charge in [-0.2, -0.15) is 0 Å². The van der Waals surface area contributed by atoms with Crippen LogP contribution in [0, 0.1) is 18.7 Å². The van der Waals surface area contributed by atoms with Crippen molar-refractivity contribution in [1.82, 2.24) is 9.55 Å². The van der Waals surface area contributed by atoms with Crippen LogP contribution < -0.4 is 5.73 Å². The lowest BCUT2D eigenvalue weighted by atomic mass is 10.1. The first-order chi connectivity index (χ1) is 8.49. The van der Waals surface area contributed by atoms with Gasteiger partial charge in [-0.15, -0.1) is 0 Å². The number of hydrogen-bond donors (Lipinski definition) is 1. The van der Waals surface area contributed by atoms with Crippen molar-refractivity contribution in [3.8, 4) is 11.3 Å². The van der Waals surface area contributed by atoms with E-state index in [0.29, 0.717) is 17.4 Å². The Balaban J connectivity index is 2.45. The first-order valence-corrected chi connectivity index (χ1v) is 6.06. The quantitative estimate of drug-likeness (QED) is 0.904. The number of benzene rings is 1. The molecule has 0 radical (unpaired) electrons. The lowest BCUT2D eigenvalue weighted by Crippen LogP contribution is -2.07. The molecule has 3 nitrogen and oxygen atoms in total. The number of aryl methyl sites for hydroxylation is 1. The lowest BCUT2D eigenvalue weighted by molar-refractivity contribution is 0.527. The summed E-state index contributed by atoms with van der Waals surface area (Å²) in [4.78, 5) is 4.31. The van der Waals surface area contributed by atoms with E-state index in [9.17, 15) is 4.39 Å². The number of nitrogen functional groups attached to an aromatic ring is 1. The van der Waals surface area contributed by atoms with Crippen LogP contribution in [0.5, 0.6) is 0 Å². The van der Waals surface area contributed by atoms with E-state index in [2.05, 4.69) is 18.8 Å². The number of nitrogens with two attached hydrogens (primary N) is 1. The second kappa shape index (κ2) is 4.80. The van der Waals surface area contributed by atoms with Gasteiger partial charge in [0.15, 0.2) is 0 Å². The van der Waals surface area contributed by atoms with E-state index < -0.39 is 0 Å². The zero-order valence-corrected chi connectivity index (χ0v) is 10.9. The van der Waals surface area contributed by atoms with Gasteiger partial charge in [-0.1, -0.05) is 19.9 Å². The third-order valence-electron chi connectivity index (χ3n) is 2.89. The number of rotatable bonds is 3. The minimum absolute atomic E-state index is 0.270. The van der Waals surface area contributed by atoms with Gasteiger partial charge < -0.3 is 10.3 Å². The first kappa shape index (κ1) is 12.6. The van der Waals surface area contributed by atoms with Crippen molar-refractivity contribution in [2.24, 2.45) is 5.92 Å². The molecule has 1 aromatic carbocycles. The summed E-state index contributed by atoms with van der Waals surface area (Å²) in [5.41, 5.74) is 8.47. The number of anilines is 1.